The van der Waals surface area contributed by atoms with Gasteiger partial charge in [0.2, 0.25) is 0 Å². The molecule has 94 valence electrons. The van der Waals surface area contributed by atoms with Gasteiger partial charge in [0.25, 0.3) is 0 Å². The van der Waals surface area contributed by atoms with E-state index in [1.54, 1.807) is 0 Å². The number of hydrogen-bond donors (Lipinski definition) is 1. The number of benzene rings is 1. The highest BCUT2D eigenvalue weighted by atomic mass is 16.5. The van der Waals surface area contributed by atoms with E-state index in [2.05, 4.69) is 5.10 Å². The molecular weight excluding hydrogens is 226 g/mol. The number of rotatable bonds is 2. The molecule has 1 aromatic carbocycles. The van der Waals surface area contributed by atoms with Gasteiger partial charge in [-0.3, -0.25) is 0 Å². The number of nitrogens with two attached hydrogens (primary N) is 1. The zero-order valence-electron chi connectivity index (χ0n) is 10.2. The Morgan fingerprint density at radius 1 is 1.17 bits per heavy atom. The number of aromatic nitrogens is 2. The molecule has 1 saturated heterocycles. The SMILES string of the molecule is Nc1ccc(-c2cnn(C3CCCCO3)c2)cc1. The second-order valence-electron chi connectivity index (χ2n) is 4.65. The van der Waals surface area contributed by atoms with Gasteiger partial charge >= 0.3 is 0 Å². The Morgan fingerprint density at radius 3 is 2.72 bits per heavy atom. The molecule has 0 amide bonds. The first kappa shape index (κ1) is 11.3. The molecule has 0 saturated carbocycles. The zero-order valence-corrected chi connectivity index (χ0v) is 10.2. The van der Waals surface area contributed by atoms with Crippen molar-refractivity contribution < 1.29 is 4.74 Å². The smallest absolute Gasteiger partial charge is 0.150 e. The first-order valence-electron chi connectivity index (χ1n) is 6.34. The van der Waals surface area contributed by atoms with Crippen LogP contribution in [0.25, 0.3) is 11.1 Å². The summed E-state index contributed by atoms with van der Waals surface area (Å²) in [6.07, 6.45) is 7.43. The zero-order chi connectivity index (χ0) is 12.4. The number of anilines is 1. The summed E-state index contributed by atoms with van der Waals surface area (Å²) < 4.78 is 7.63. The Morgan fingerprint density at radius 2 is 2.00 bits per heavy atom. The van der Waals surface area contributed by atoms with Gasteiger partial charge in [0.1, 0.15) is 6.23 Å². The summed E-state index contributed by atoms with van der Waals surface area (Å²) in [5.41, 5.74) is 8.70. The van der Waals surface area contributed by atoms with Crippen molar-refractivity contribution in [2.75, 3.05) is 12.3 Å². The van der Waals surface area contributed by atoms with Crippen molar-refractivity contribution >= 4 is 5.69 Å². The molecule has 0 aliphatic carbocycles. The van der Waals surface area contributed by atoms with E-state index >= 15 is 0 Å². The van der Waals surface area contributed by atoms with Crippen molar-refractivity contribution in [3.63, 3.8) is 0 Å². The Balaban J connectivity index is 1.82. The van der Waals surface area contributed by atoms with E-state index in [9.17, 15) is 0 Å². The fraction of sp³-hybridized carbons (Fsp3) is 0.357. The van der Waals surface area contributed by atoms with E-state index in [0.717, 1.165) is 36.3 Å². The quantitative estimate of drug-likeness (QED) is 0.825. The summed E-state index contributed by atoms with van der Waals surface area (Å²) in [7, 11) is 0. The molecule has 1 aromatic heterocycles. The molecule has 0 spiro atoms. The van der Waals surface area contributed by atoms with Crippen molar-refractivity contribution in [2.24, 2.45) is 0 Å². The number of nitrogen functional groups attached to an aromatic ring is 1. The summed E-state index contributed by atoms with van der Waals surface area (Å²) in [5, 5.41) is 4.40. The van der Waals surface area contributed by atoms with E-state index < -0.39 is 0 Å². The van der Waals surface area contributed by atoms with Crippen LogP contribution in [0, 0.1) is 0 Å². The molecule has 4 heteroatoms. The summed E-state index contributed by atoms with van der Waals surface area (Å²) >= 11 is 0. The molecule has 1 aliphatic heterocycles. The third kappa shape index (κ3) is 2.24. The maximum absolute atomic E-state index is 5.71. The van der Waals surface area contributed by atoms with Gasteiger partial charge in [-0.05, 0) is 37.0 Å². The van der Waals surface area contributed by atoms with Crippen molar-refractivity contribution in [1.29, 1.82) is 0 Å². The van der Waals surface area contributed by atoms with Crippen LogP contribution in [0.1, 0.15) is 25.5 Å². The van der Waals surface area contributed by atoms with Crippen molar-refractivity contribution in [1.82, 2.24) is 9.78 Å². The normalized spacial score (nSPS) is 19.9. The van der Waals surface area contributed by atoms with Gasteiger partial charge in [-0.15, -0.1) is 0 Å². The van der Waals surface area contributed by atoms with Gasteiger partial charge in [0, 0.05) is 24.1 Å². The van der Waals surface area contributed by atoms with Gasteiger partial charge in [-0.25, -0.2) is 4.68 Å². The molecule has 1 unspecified atom stereocenters. The minimum Gasteiger partial charge on any atom is -0.399 e. The molecule has 2 heterocycles. The fourth-order valence-electron chi connectivity index (χ4n) is 2.25. The van der Waals surface area contributed by atoms with Crippen LogP contribution in [0.4, 0.5) is 5.69 Å². The monoisotopic (exact) mass is 243 g/mol. The maximum atomic E-state index is 5.71. The third-order valence-electron chi connectivity index (χ3n) is 3.30. The molecule has 2 aromatic rings. The van der Waals surface area contributed by atoms with Crippen LogP contribution in [0.15, 0.2) is 36.7 Å². The lowest BCUT2D eigenvalue weighted by atomic mass is 10.1. The minimum atomic E-state index is 0.0984. The first-order valence-corrected chi connectivity index (χ1v) is 6.34. The van der Waals surface area contributed by atoms with E-state index in [1.165, 1.54) is 6.42 Å². The van der Waals surface area contributed by atoms with Crippen molar-refractivity contribution in [3.8, 4) is 11.1 Å². The lowest BCUT2D eigenvalue weighted by Gasteiger charge is -2.22. The van der Waals surface area contributed by atoms with Crippen LogP contribution in [0.2, 0.25) is 0 Å². The molecule has 0 bridgehead atoms. The molecule has 1 fully saturated rings. The second kappa shape index (κ2) is 4.82. The topological polar surface area (TPSA) is 53.1 Å². The highest BCUT2D eigenvalue weighted by molar-refractivity contribution is 5.63. The third-order valence-corrected chi connectivity index (χ3v) is 3.30. The van der Waals surface area contributed by atoms with E-state index in [1.807, 2.05) is 41.3 Å². The lowest BCUT2D eigenvalue weighted by Crippen LogP contribution is -2.18. The van der Waals surface area contributed by atoms with Crippen LogP contribution < -0.4 is 5.73 Å². The van der Waals surface area contributed by atoms with Crippen LogP contribution in [0.3, 0.4) is 0 Å². The first-order chi connectivity index (χ1) is 8.83. The average molecular weight is 243 g/mol. The summed E-state index contributed by atoms with van der Waals surface area (Å²) in [6, 6.07) is 7.84. The highest BCUT2D eigenvalue weighted by Gasteiger charge is 2.16. The molecule has 1 aliphatic rings. The van der Waals surface area contributed by atoms with Crippen LogP contribution in [0.5, 0.6) is 0 Å². The van der Waals surface area contributed by atoms with E-state index in [-0.39, 0.29) is 6.23 Å². The maximum Gasteiger partial charge on any atom is 0.150 e. The Labute approximate surface area is 106 Å². The predicted octanol–water partition coefficient (Wildman–Crippen LogP) is 2.83. The predicted molar refractivity (Wildman–Crippen MR) is 70.9 cm³/mol. The molecule has 4 nitrogen and oxygen atoms in total. The minimum absolute atomic E-state index is 0.0984. The molecular formula is C14H17N3O. The summed E-state index contributed by atoms with van der Waals surface area (Å²) in [4.78, 5) is 0. The summed E-state index contributed by atoms with van der Waals surface area (Å²) in [6.45, 7) is 0.835. The number of nitrogens with zero attached hydrogens (tertiary/aromatic N) is 2. The molecule has 0 radical (unpaired) electrons. The van der Waals surface area contributed by atoms with Gasteiger partial charge < -0.3 is 10.5 Å². The average Bonchev–Trinajstić information content (AvgIpc) is 2.90. The van der Waals surface area contributed by atoms with E-state index in [4.69, 9.17) is 10.5 Å². The van der Waals surface area contributed by atoms with Gasteiger partial charge in [-0.2, -0.15) is 5.10 Å². The fourth-order valence-corrected chi connectivity index (χ4v) is 2.25. The lowest BCUT2D eigenvalue weighted by molar-refractivity contribution is -0.0394. The van der Waals surface area contributed by atoms with Crippen LogP contribution in [-0.2, 0) is 4.74 Å². The molecule has 1 atom stereocenters. The number of ether oxygens (including phenoxy) is 1. The summed E-state index contributed by atoms with van der Waals surface area (Å²) in [5.74, 6) is 0. The molecule has 2 N–H and O–H groups in total. The Bertz CT molecular complexity index is 512. The Hall–Kier alpha value is -1.81. The molecule has 3 rings (SSSR count). The highest BCUT2D eigenvalue weighted by Crippen LogP contribution is 2.25. The van der Waals surface area contributed by atoms with Crippen LogP contribution in [-0.4, -0.2) is 16.4 Å². The van der Waals surface area contributed by atoms with Crippen molar-refractivity contribution in [3.05, 3.63) is 36.7 Å². The van der Waals surface area contributed by atoms with Crippen molar-refractivity contribution in [2.45, 2.75) is 25.5 Å². The van der Waals surface area contributed by atoms with Crippen LogP contribution >= 0.6 is 0 Å². The number of hydrogen-bond acceptors (Lipinski definition) is 3. The van der Waals surface area contributed by atoms with E-state index in [0.29, 0.717) is 0 Å². The Kier molecular flexibility index (Phi) is 3.02. The van der Waals surface area contributed by atoms with Gasteiger partial charge in [0.15, 0.2) is 0 Å². The second-order valence-corrected chi connectivity index (χ2v) is 4.65. The largest absolute Gasteiger partial charge is 0.399 e. The molecule has 18 heavy (non-hydrogen) atoms. The van der Waals surface area contributed by atoms with Gasteiger partial charge in [-0.1, -0.05) is 12.1 Å². The standard InChI is InChI=1S/C14H17N3O/c15-13-6-4-11(5-7-13)12-9-16-17(10-12)14-3-1-2-8-18-14/h4-7,9-10,14H,1-3,8,15H2. The van der Waals surface area contributed by atoms with Gasteiger partial charge in [0.05, 0.1) is 6.20 Å².